The Bertz CT molecular complexity index is 737. The second-order valence-electron chi connectivity index (χ2n) is 6.26. The summed E-state index contributed by atoms with van der Waals surface area (Å²) in [5.74, 6) is 1.62. The van der Waals surface area contributed by atoms with E-state index in [4.69, 9.17) is 9.47 Å². The first kappa shape index (κ1) is 15.2. The van der Waals surface area contributed by atoms with Gasteiger partial charge < -0.3 is 9.47 Å². The number of ether oxygens (including phenoxy) is 2. The van der Waals surface area contributed by atoms with Gasteiger partial charge in [0.2, 0.25) is 0 Å². The minimum atomic E-state index is -0.281. The lowest BCUT2D eigenvalue weighted by atomic mass is 9.77. The van der Waals surface area contributed by atoms with Crippen LogP contribution in [-0.2, 0) is 16.6 Å². The summed E-state index contributed by atoms with van der Waals surface area (Å²) < 4.78 is 13.7. The molecule has 1 spiro atoms. The molecular weight excluding hydrogens is 405 g/mol. The van der Waals surface area contributed by atoms with E-state index in [0.29, 0.717) is 6.04 Å². The maximum atomic E-state index is 11.6. The average molecular weight is 423 g/mol. The van der Waals surface area contributed by atoms with Gasteiger partial charge >= 0.3 is 0 Å². The molecule has 23 heavy (non-hydrogen) atoms. The van der Waals surface area contributed by atoms with Crippen molar-refractivity contribution in [2.75, 3.05) is 20.8 Å². The molecule has 1 aromatic rings. The van der Waals surface area contributed by atoms with E-state index < -0.39 is 0 Å². The van der Waals surface area contributed by atoms with Crippen LogP contribution in [0.4, 0.5) is 0 Å². The lowest BCUT2D eigenvalue weighted by molar-refractivity contribution is -0.110. The van der Waals surface area contributed by atoms with Crippen LogP contribution in [0.3, 0.4) is 0 Å². The van der Waals surface area contributed by atoms with Gasteiger partial charge in [0.15, 0.2) is 17.3 Å². The largest absolute Gasteiger partial charge is 0.493 e. The van der Waals surface area contributed by atoms with Gasteiger partial charge in [0, 0.05) is 46.4 Å². The van der Waals surface area contributed by atoms with Crippen LogP contribution in [0.1, 0.15) is 29.2 Å². The summed E-state index contributed by atoms with van der Waals surface area (Å²) in [5.41, 5.74) is 3.58. The number of benzene rings is 1. The van der Waals surface area contributed by atoms with Gasteiger partial charge in [-0.3, -0.25) is 4.79 Å². The highest BCUT2D eigenvalue weighted by Crippen LogP contribution is 2.58. The Morgan fingerprint density at radius 1 is 1.26 bits per heavy atom. The van der Waals surface area contributed by atoms with Crippen molar-refractivity contribution in [3.8, 4) is 11.5 Å². The fourth-order valence-corrected chi connectivity index (χ4v) is 4.85. The molecule has 0 aromatic heterocycles. The summed E-state index contributed by atoms with van der Waals surface area (Å²) in [7, 11) is 3.37. The molecule has 0 bridgehead atoms. The normalized spacial score (nSPS) is 24.1. The van der Waals surface area contributed by atoms with E-state index >= 15 is 0 Å². The van der Waals surface area contributed by atoms with Crippen molar-refractivity contribution in [2.45, 2.75) is 24.3 Å². The topological polar surface area (TPSA) is 38.8 Å². The number of halogens is 1. The molecule has 120 valence electrons. The number of carbonyl (C=O) groups excluding carboxylic acids is 1. The van der Waals surface area contributed by atoms with Gasteiger partial charge in [-0.25, -0.2) is 3.11 Å². The summed E-state index contributed by atoms with van der Waals surface area (Å²) in [4.78, 5) is 11.6. The average Bonchev–Trinajstić information content (AvgIpc) is 2.90. The molecule has 0 amide bonds. The highest BCUT2D eigenvalue weighted by atomic mass is 127. The first-order valence-corrected chi connectivity index (χ1v) is 8.69. The second-order valence-corrected chi connectivity index (χ2v) is 7.50. The van der Waals surface area contributed by atoms with E-state index in [9.17, 15) is 4.79 Å². The predicted octanol–water partition coefficient (Wildman–Crippen LogP) is 3.29. The molecule has 0 radical (unpaired) electrons. The molecule has 1 heterocycles. The predicted molar refractivity (Wildman–Crippen MR) is 96.3 cm³/mol. The Morgan fingerprint density at radius 3 is 2.65 bits per heavy atom. The van der Waals surface area contributed by atoms with Crippen LogP contribution < -0.4 is 9.47 Å². The molecule has 1 aromatic carbocycles. The third kappa shape index (κ3) is 2.09. The van der Waals surface area contributed by atoms with Gasteiger partial charge in [-0.05, 0) is 42.2 Å². The van der Waals surface area contributed by atoms with Crippen molar-refractivity contribution in [3.63, 3.8) is 0 Å². The van der Waals surface area contributed by atoms with Crippen molar-refractivity contribution in [1.29, 1.82) is 0 Å². The monoisotopic (exact) mass is 423 g/mol. The highest BCUT2D eigenvalue weighted by molar-refractivity contribution is 14.1. The number of hydrogen-bond donors (Lipinski definition) is 0. The minimum absolute atomic E-state index is 0.0453. The number of nitrogens with zero attached hydrogens (tertiary/aromatic N) is 1. The Hall–Kier alpha value is -1.34. The van der Waals surface area contributed by atoms with Crippen LogP contribution in [0.15, 0.2) is 30.4 Å². The fourth-order valence-electron chi connectivity index (χ4n) is 4.13. The zero-order valence-electron chi connectivity index (χ0n) is 13.1. The summed E-state index contributed by atoms with van der Waals surface area (Å²) in [6.07, 6.45) is 9.37. The number of rotatable bonds is 2. The van der Waals surface area contributed by atoms with Crippen molar-refractivity contribution in [3.05, 3.63) is 47.1 Å². The maximum Gasteiger partial charge on any atom is 0.178 e. The lowest BCUT2D eigenvalue weighted by Gasteiger charge is -2.30. The van der Waals surface area contributed by atoms with Crippen molar-refractivity contribution in [2.24, 2.45) is 0 Å². The zero-order valence-corrected chi connectivity index (χ0v) is 15.3. The number of methoxy groups -OCH3 is 2. The van der Waals surface area contributed by atoms with E-state index in [-0.39, 0.29) is 11.2 Å². The SMILES string of the molecule is COc1cc2c3c(c1OC)C1(C=CC(=O)C=C1)CC3N(I)CC2. The number of ketones is 1. The molecular formula is C18H18INO3. The van der Waals surface area contributed by atoms with E-state index in [1.807, 2.05) is 12.2 Å². The molecule has 5 heteroatoms. The van der Waals surface area contributed by atoms with E-state index in [0.717, 1.165) is 30.9 Å². The van der Waals surface area contributed by atoms with Gasteiger partial charge in [0.05, 0.1) is 14.2 Å². The van der Waals surface area contributed by atoms with Gasteiger partial charge in [0.25, 0.3) is 0 Å². The maximum absolute atomic E-state index is 11.6. The van der Waals surface area contributed by atoms with E-state index in [1.165, 1.54) is 16.7 Å². The Balaban J connectivity index is 2.02. The fraction of sp³-hybridized carbons (Fsp3) is 0.389. The van der Waals surface area contributed by atoms with Crippen LogP contribution in [-0.4, -0.2) is 29.7 Å². The van der Waals surface area contributed by atoms with Gasteiger partial charge in [0.1, 0.15) is 0 Å². The Morgan fingerprint density at radius 2 is 2.00 bits per heavy atom. The van der Waals surface area contributed by atoms with Gasteiger partial charge in [-0.15, -0.1) is 0 Å². The van der Waals surface area contributed by atoms with Crippen LogP contribution in [0, 0.1) is 0 Å². The quantitative estimate of drug-likeness (QED) is 0.541. The number of allylic oxidation sites excluding steroid dienone is 4. The van der Waals surface area contributed by atoms with E-state index in [1.54, 1.807) is 26.4 Å². The van der Waals surface area contributed by atoms with Crippen molar-refractivity contribution < 1.29 is 14.3 Å². The molecule has 3 aliphatic rings. The first-order chi connectivity index (χ1) is 11.1. The first-order valence-electron chi connectivity index (χ1n) is 7.73. The minimum Gasteiger partial charge on any atom is -0.493 e. The van der Waals surface area contributed by atoms with Crippen LogP contribution in [0.25, 0.3) is 0 Å². The standard InChI is InChI=1S/C18H18INO3/c1-22-14-9-11-5-8-20(19)13-10-18(6-3-12(21)4-7-18)16(15(11)13)17(14)23-2/h3-4,6-7,9,13H,5,8,10H2,1-2H3. The molecule has 1 aliphatic heterocycles. The summed E-state index contributed by atoms with van der Waals surface area (Å²) in [5, 5.41) is 0. The summed E-state index contributed by atoms with van der Waals surface area (Å²) in [6, 6.07) is 2.46. The Kier molecular flexibility index (Phi) is 3.53. The summed E-state index contributed by atoms with van der Waals surface area (Å²) >= 11 is 2.42. The summed E-state index contributed by atoms with van der Waals surface area (Å²) in [6.45, 7) is 1.02. The van der Waals surface area contributed by atoms with Gasteiger partial charge in [-0.1, -0.05) is 12.2 Å². The third-order valence-electron chi connectivity index (χ3n) is 5.15. The lowest BCUT2D eigenvalue weighted by Crippen LogP contribution is -2.26. The molecule has 0 fully saturated rings. The third-order valence-corrected chi connectivity index (χ3v) is 6.30. The number of fused-ring (bicyclic) bond motifs is 1. The van der Waals surface area contributed by atoms with Crippen LogP contribution in [0.2, 0.25) is 0 Å². The Labute approximate surface area is 149 Å². The highest BCUT2D eigenvalue weighted by Gasteiger charge is 2.48. The molecule has 4 rings (SSSR count). The van der Waals surface area contributed by atoms with Crippen molar-refractivity contribution in [1.82, 2.24) is 3.11 Å². The molecule has 1 atom stereocenters. The van der Waals surface area contributed by atoms with Crippen LogP contribution in [0.5, 0.6) is 11.5 Å². The molecule has 0 N–H and O–H groups in total. The van der Waals surface area contributed by atoms with Gasteiger partial charge in [-0.2, -0.15) is 0 Å². The van der Waals surface area contributed by atoms with Crippen LogP contribution >= 0.6 is 22.9 Å². The zero-order chi connectivity index (χ0) is 16.2. The molecule has 1 unspecified atom stereocenters. The molecule has 0 saturated heterocycles. The molecule has 4 nitrogen and oxygen atoms in total. The second kappa shape index (κ2) is 5.34. The number of carbonyl (C=O) groups is 1. The smallest absolute Gasteiger partial charge is 0.178 e. The van der Waals surface area contributed by atoms with Crippen molar-refractivity contribution >= 4 is 28.6 Å². The molecule has 2 aliphatic carbocycles. The number of hydrogen-bond acceptors (Lipinski definition) is 4. The molecule has 0 saturated carbocycles. The van der Waals surface area contributed by atoms with E-state index in [2.05, 4.69) is 32.0 Å².